The second-order valence-corrected chi connectivity index (χ2v) is 22.6. The van der Waals surface area contributed by atoms with E-state index in [2.05, 4.69) is 193 Å². The Morgan fingerprint density at radius 3 is 1.79 bits per heavy atom. The van der Waals surface area contributed by atoms with Crippen molar-refractivity contribution in [2.45, 2.75) is 0 Å². The van der Waals surface area contributed by atoms with Crippen molar-refractivity contribution in [1.82, 2.24) is 14.5 Å². The second kappa shape index (κ2) is 12.5. The molecular weight excluding hydrogens is 755 g/mol. The van der Waals surface area contributed by atoms with Crippen LogP contribution >= 0.6 is 0 Å². The number of hydrogen-bond acceptors (Lipinski definition) is 3. The fourth-order valence-corrected chi connectivity index (χ4v) is 20.5. The summed E-state index contributed by atoms with van der Waals surface area (Å²) in [4.78, 5) is 11.1. The van der Waals surface area contributed by atoms with E-state index in [0.717, 1.165) is 67.0 Å². The molecule has 11 aromatic rings. The van der Waals surface area contributed by atoms with Crippen LogP contribution in [0.3, 0.4) is 0 Å². The third-order valence-electron chi connectivity index (χ3n) is 11.9. The Balaban J connectivity index is 1.15. The van der Waals surface area contributed by atoms with Gasteiger partial charge in [-0.05, 0) is 0 Å². The van der Waals surface area contributed by atoms with Gasteiger partial charge in [0.2, 0.25) is 0 Å². The van der Waals surface area contributed by atoms with Gasteiger partial charge in [-0.2, -0.15) is 0 Å². The number of aromatic nitrogens is 3. The Hall–Kier alpha value is -7.02. The molecule has 3 aromatic heterocycles. The van der Waals surface area contributed by atoms with Crippen LogP contribution in [0, 0.1) is 0 Å². The Morgan fingerprint density at radius 1 is 0.439 bits per heavy atom. The third-order valence-corrected chi connectivity index (χ3v) is 22.1. The topological polar surface area (TPSA) is 43.9 Å². The van der Waals surface area contributed by atoms with Gasteiger partial charge in [-0.25, -0.2) is 0 Å². The van der Waals surface area contributed by atoms with Crippen LogP contribution < -0.4 is 17.6 Å². The molecule has 1 aliphatic rings. The van der Waals surface area contributed by atoms with Crippen molar-refractivity contribution in [3.63, 3.8) is 0 Å². The number of rotatable bonds is 5. The molecule has 1 aliphatic heterocycles. The summed E-state index contributed by atoms with van der Waals surface area (Å²) in [5.74, 6) is 0.734. The standard InChI is InChI=1S/C52H33GeN3O/c1-4-16-35(17-5-1)52-54-48(47-49(55-52)43-24-10-13-25-44(43)53(47,36-18-6-2-7-19-36)37-20-8-3-9-21-37)34-28-30-38(31-29-34)56-45-26-14-11-22-39(45)41-32-33-42-40-23-12-15-27-46(40)57-51(42)50(41)56/h1-33H. The molecule has 0 aliphatic carbocycles. The van der Waals surface area contributed by atoms with Crippen molar-refractivity contribution < 1.29 is 4.42 Å². The van der Waals surface area contributed by atoms with Crippen LogP contribution in [-0.4, -0.2) is 27.8 Å². The predicted molar refractivity (Wildman–Crippen MR) is 237 cm³/mol. The molecular formula is C52H33GeN3O. The zero-order chi connectivity index (χ0) is 37.5. The number of nitrogens with zero attached hydrogens (tertiary/aromatic N) is 3. The molecule has 57 heavy (non-hydrogen) atoms. The number of fused-ring (bicyclic) bond motifs is 10. The van der Waals surface area contributed by atoms with Crippen LogP contribution in [0.15, 0.2) is 205 Å². The molecule has 0 fully saturated rings. The van der Waals surface area contributed by atoms with Crippen LogP contribution in [0.25, 0.3) is 83.3 Å². The first-order valence-electron chi connectivity index (χ1n) is 19.4. The van der Waals surface area contributed by atoms with Crippen molar-refractivity contribution in [2.75, 3.05) is 0 Å². The van der Waals surface area contributed by atoms with E-state index in [1.165, 1.54) is 33.9 Å². The molecule has 0 amide bonds. The third kappa shape index (κ3) is 4.62. The summed E-state index contributed by atoms with van der Waals surface area (Å²) in [7, 11) is 0. The van der Waals surface area contributed by atoms with Gasteiger partial charge in [0, 0.05) is 0 Å². The summed E-state index contributed by atoms with van der Waals surface area (Å²) in [5.41, 5.74) is 10.4. The van der Waals surface area contributed by atoms with Crippen molar-refractivity contribution >= 4 is 74.6 Å². The van der Waals surface area contributed by atoms with Gasteiger partial charge in [0.25, 0.3) is 0 Å². The van der Waals surface area contributed by atoms with Gasteiger partial charge in [0.15, 0.2) is 0 Å². The molecule has 0 bridgehead atoms. The van der Waals surface area contributed by atoms with E-state index < -0.39 is 13.3 Å². The average Bonchev–Trinajstić information content (AvgIpc) is 3.94. The number of para-hydroxylation sites is 2. The quantitative estimate of drug-likeness (QED) is 0.163. The van der Waals surface area contributed by atoms with E-state index in [9.17, 15) is 0 Å². The SMILES string of the molecule is c1ccc(-c2nc(-c3ccc(-n4c5ccccc5c5ccc6c7ccccc7oc6c54)cc3)[c]3c(n2)-c2cccc[c]2[Ge]3([c]2ccccc2)[c]2ccccc2)cc1. The van der Waals surface area contributed by atoms with E-state index in [1.807, 2.05) is 12.1 Å². The van der Waals surface area contributed by atoms with Crippen molar-refractivity contribution in [3.05, 3.63) is 200 Å². The number of furan rings is 1. The van der Waals surface area contributed by atoms with E-state index >= 15 is 0 Å². The Kier molecular flexibility index (Phi) is 7.07. The summed E-state index contributed by atoms with van der Waals surface area (Å²) >= 11 is -3.69. The molecule has 0 radical (unpaired) electrons. The molecule has 0 saturated heterocycles. The summed E-state index contributed by atoms with van der Waals surface area (Å²) in [5, 5.41) is 4.61. The van der Waals surface area contributed by atoms with Gasteiger partial charge in [-0.1, -0.05) is 12.1 Å². The van der Waals surface area contributed by atoms with E-state index in [-0.39, 0.29) is 0 Å². The van der Waals surface area contributed by atoms with Crippen LogP contribution in [0.2, 0.25) is 0 Å². The molecule has 0 atom stereocenters. The van der Waals surface area contributed by atoms with Crippen LogP contribution in [-0.2, 0) is 0 Å². The van der Waals surface area contributed by atoms with Crippen molar-refractivity contribution in [2.24, 2.45) is 0 Å². The molecule has 0 spiro atoms. The van der Waals surface area contributed by atoms with Gasteiger partial charge >= 0.3 is 321 Å². The normalized spacial score (nSPS) is 13.1. The summed E-state index contributed by atoms with van der Waals surface area (Å²) in [6.45, 7) is 0. The first-order valence-corrected chi connectivity index (χ1v) is 23.6. The van der Waals surface area contributed by atoms with Crippen LogP contribution in [0.5, 0.6) is 0 Å². The van der Waals surface area contributed by atoms with E-state index in [0.29, 0.717) is 0 Å². The minimum absolute atomic E-state index is 0.734. The molecule has 4 heterocycles. The summed E-state index contributed by atoms with van der Waals surface area (Å²) in [6.07, 6.45) is 0. The molecule has 0 saturated carbocycles. The first kappa shape index (κ1) is 32.2. The second-order valence-electron chi connectivity index (χ2n) is 14.8. The van der Waals surface area contributed by atoms with Gasteiger partial charge in [0.05, 0.1) is 0 Å². The monoisotopic (exact) mass is 789 g/mol. The number of benzene rings is 8. The Bertz CT molecular complexity index is 3300. The van der Waals surface area contributed by atoms with E-state index in [4.69, 9.17) is 14.4 Å². The van der Waals surface area contributed by atoms with Gasteiger partial charge in [-0.15, -0.1) is 0 Å². The molecule has 8 aromatic carbocycles. The fourth-order valence-electron chi connectivity index (χ4n) is 9.50. The zero-order valence-electron chi connectivity index (χ0n) is 30.8. The molecule has 0 N–H and O–H groups in total. The Labute approximate surface area is 331 Å². The maximum absolute atomic E-state index is 6.66. The number of hydrogen-bond donors (Lipinski definition) is 0. The molecule has 5 heteroatoms. The van der Waals surface area contributed by atoms with Crippen LogP contribution in [0.4, 0.5) is 0 Å². The van der Waals surface area contributed by atoms with Gasteiger partial charge in [-0.3, -0.25) is 0 Å². The molecule has 266 valence electrons. The summed E-state index contributed by atoms with van der Waals surface area (Å²) in [6, 6.07) is 72.1. The van der Waals surface area contributed by atoms with Crippen molar-refractivity contribution in [1.29, 1.82) is 0 Å². The maximum atomic E-state index is 6.66. The molecule has 0 unspecified atom stereocenters. The van der Waals surface area contributed by atoms with Crippen molar-refractivity contribution in [3.8, 4) is 39.6 Å². The zero-order valence-corrected chi connectivity index (χ0v) is 32.9. The predicted octanol–water partition coefficient (Wildman–Crippen LogP) is 10.2. The fraction of sp³-hybridized carbons (Fsp3) is 0. The van der Waals surface area contributed by atoms with Gasteiger partial charge < -0.3 is 0 Å². The molecule has 4 nitrogen and oxygen atoms in total. The van der Waals surface area contributed by atoms with Gasteiger partial charge in [0.1, 0.15) is 0 Å². The van der Waals surface area contributed by atoms with E-state index in [1.54, 1.807) is 0 Å². The molecule has 12 rings (SSSR count). The summed E-state index contributed by atoms with van der Waals surface area (Å²) < 4.78 is 14.4. The first-order chi connectivity index (χ1) is 28.3. The van der Waals surface area contributed by atoms with Crippen LogP contribution in [0.1, 0.15) is 0 Å². The minimum atomic E-state index is -3.69. The average molecular weight is 788 g/mol. The Morgan fingerprint density at radius 2 is 1.04 bits per heavy atom.